The summed E-state index contributed by atoms with van der Waals surface area (Å²) in [5.41, 5.74) is 2.90. The third-order valence-electron chi connectivity index (χ3n) is 4.23. The minimum absolute atomic E-state index is 0.179. The van der Waals surface area contributed by atoms with E-state index in [1.54, 1.807) is 7.11 Å². The molecule has 1 aliphatic heterocycles. The van der Waals surface area contributed by atoms with E-state index in [4.69, 9.17) is 4.74 Å². The summed E-state index contributed by atoms with van der Waals surface area (Å²) in [7, 11) is 1.71. The van der Waals surface area contributed by atoms with Crippen LogP contribution in [0.4, 0.5) is 0 Å². The molecule has 1 aromatic rings. The smallest absolute Gasteiger partial charge is 0.118 e. The van der Waals surface area contributed by atoms with Gasteiger partial charge in [-0.2, -0.15) is 0 Å². The average Bonchev–Trinajstić information content (AvgIpc) is 2.52. The second kappa shape index (κ2) is 7.04. The predicted molar refractivity (Wildman–Crippen MR) is 94.0 cm³/mol. The summed E-state index contributed by atoms with van der Waals surface area (Å²) in [5.74, 6) is 0.912. The summed E-state index contributed by atoms with van der Waals surface area (Å²) in [6.45, 7) is 10.2. The van der Waals surface area contributed by atoms with Gasteiger partial charge < -0.3 is 9.64 Å². The standard InChI is InChI=1S/C20H29NO/c1-6-7-13-21-14-12-17(20(2,3)4)15-19(21)16-8-10-18(22-5)11-9-16/h8-12,14-15,19H,6-7,13H2,1-5H3. The van der Waals surface area contributed by atoms with Crippen LogP contribution in [-0.4, -0.2) is 18.6 Å². The van der Waals surface area contributed by atoms with E-state index in [0.29, 0.717) is 6.04 Å². The Morgan fingerprint density at radius 2 is 1.82 bits per heavy atom. The molecule has 2 rings (SSSR count). The molecule has 2 heteroatoms. The molecular weight excluding hydrogens is 270 g/mol. The van der Waals surface area contributed by atoms with Crippen LogP contribution >= 0.6 is 0 Å². The summed E-state index contributed by atoms with van der Waals surface area (Å²) in [6, 6.07) is 8.78. The summed E-state index contributed by atoms with van der Waals surface area (Å²) in [5, 5.41) is 0. The van der Waals surface area contributed by atoms with E-state index in [-0.39, 0.29) is 5.41 Å². The van der Waals surface area contributed by atoms with Crippen LogP contribution in [0.25, 0.3) is 0 Å². The maximum absolute atomic E-state index is 5.28. The number of ether oxygens (including phenoxy) is 1. The molecule has 2 nitrogen and oxygen atoms in total. The van der Waals surface area contributed by atoms with E-state index in [0.717, 1.165) is 12.3 Å². The summed E-state index contributed by atoms with van der Waals surface area (Å²) >= 11 is 0. The zero-order chi connectivity index (χ0) is 16.2. The number of methoxy groups -OCH3 is 1. The van der Waals surface area contributed by atoms with Crippen molar-refractivity contribution in [2.75, 3.05) is 13.7 Å². The minimum Gasteiger partial charge on any atom is -0.497 e. The van der Waals surface area contributed by atoms with Crippen LogP contribution in [0.5, 0.6) is 5.75 Å². The zero-order valence-corrected chi connectivity index (χ0v) is 14.6. The van der Waals surface area contributed by atoms with Gasteiger partial charge in [-0.1, -0.05) is 52.3 Å². The number of unbranched alkanes of at least 4 members (excludes halogenated alkanes) is 1. The molecule has 1 heterocycles. The van der Waals surface area contributed by atoms with Crippen LogP contribution in [0.1, 0.15) is 52.1 Å². The molecule has 0 fully saturated rings. The maximum Gasteiger partial charge on any atom is 0.118 e. The number of benzene rings is 1. The summed E-state index contributed by atoms with van der Waals surface area (Å²) in [4.78, 5) is 2.44. The highest BCUT2D eigenvalue weighted by Gasteiger charge is 2.24. The van der Waals surface area contributed by atoms with Gasteiger partial charge in [-0.15, -0.1) is 0 Å². The highest BCUT2D eigenvalue weighted by molar-refractivity contribution is 5.37. The van der Waals surface area contributed by atoms with Gasteiger partial charge in [0.25, 0.3) is 0 Å². The van der Waals surface area contributed by atoms with Gasteiger partial charge in [0.2, 0.25) is 0 Å². The first-order valence-electron chi connectivity index (χ1n) is 8.26. The number of nitrogens with zero attached hydrogens (tertiary/aromatic N) is 1. The SMILES string of the molecule is CCCCN1C=CC(C(C)(C)C)=CC1c1ccc(OC)cc1. The molecule has 0 N–H and O–H groups in total. The van der Waals surface area contributed by atoms with Gasteiger partial charge in [0.1, 0.15) is 5.75 Å². The van der Waals surface area contributed by atoms with Crippen molar-refractivity contribution in [2.24, 2.45) is 5.41 Å². The number of hydrogen-bond acceptors (Lipinski definition) is 2. The first-order chi connectivity index (χ1) is 10.5. The van der Waals surface area contributed by atoms with Crippen molar-refractivity contribution in [2.45, 2.75) is 46.6 Å². The van der Waals surface area contributed by atoms with Crippen molar-refractivity contribution in [3.05, 3.63) is 53.8 Å². The summed E-state index contributed by atoms with van der Waals surface area (Å²) in [6.07, 6.45) is 9.39. The van der Waals surface area contributed by atoms with Crippen molar-refractivity contribution in [1.29, 1.82) is 0 Å². The third kappa shape index (κ3) is 3.94. The fourth-order valence-electron chi connectivity index (χ4n) is 2.73. The largest absolute Gasteiger partial charge is 0.497 e. The molecule has 0 saturated carbocycles. The van der Waals surface area contributed by atoms with Crippen molar-refractivity contribution in [3.8, 4) is 5.75 Å². The van der Waals surface area contributed by atoms with E-state index in [1.165, 1.54) is 24.0 Å². The lowest BCUT2D eigenvalue weighted by Crippen LogP contribution is -2.27. The van der Waals surface area contributed by atoms with E-state index in [9.17, 15) is 0 Å². The molecule has 0 bridgehead atoms. The molecule has 0 aliphatic carbocycles. The monoisotopic (exact) mass is 299 g/mol. The molecule has 0 aromatic heterocycles. The Bertz CT molecular complexity index is 534. The lowest BCUT2D eigenvalue weighted by atomic mass is 9.83. The molecule has 120 valence electrons. The van der Waals surface area contributed by atoms with Crippen LogP contribution in [0.15, 0.2) is 48.2 Å². The normalized spacial score (nSPS) is 18.3. The predicted octanol–water partition coefficient (Wildman–Crippen LogP) is 5.34. The minimum atomic E-state index is 0.179. The Balaban J connectivity index is 2.30. The van der Waals surface area contributed by atoms with Gasteiger partial charge in [0.05, 0.1) is 13.2 Å². The second-order valence-corrected chi connectivity index (χ2v) is 7.00. The second-order valence-electron chi connectivity index (χ2n) is 7.00. The van der Waals surface area contributed by atoms with E-state index in [1.807, 2.05) is 0 Å². The van der Waals surface area contributed by atoms with E-state index >= 15 is 0 Å². The molecule has 0 saturated heterocycles. The van der Waals surface area contributed by atoms with Crippen LogP contribution in [-0.2, 0) is 0 Å². The van der Waals surface area contributed by atoms with Crippen LogP contribution in [0.2, 0.25) is 0 Å². The molecule has 22 heavy (non-hydrogen) atoms. The molecule has 1 aromatic carbocycles. The van der Waals surface area contributed by atoms with E-state index in [2.05, 4.69) is 75.2 Å². The Hall–Kier alpha value is -1.70. The Morgan fingerprint density at radius 3 is 2.36 bits per heavy atom. The van der Waals surface area contributed by atoms with Gasteiger partial charge in [0, 0.05) is 12.7 Å². The number of hydrogen-bond donors (Lipinski definition) is 0. The summed E-state index contributed by atoms with van der Waals surface area (Å²) < 4.78 is 5.28. The quantitative estimate of drug-likeness (QED) is 0.728. The zero-order valence-electron chi connectivity index (χ0n) is 14.6. The number of rotatable bonds is 5. The van der Waals surface area contributed by atoms with Gasteiger partial charge in [0.15, 0.2) is 0 Å². The average molecular weight is 299 g/mol. The first-order valence-corrected chi connectivity index (χ1v) is 8.26. The lowest BCUT2D eigenvalue weighted by Gasteiger charge is -2.35. The molecule has 1 unspecified atom stereocenters. The van der Waals surface area contributed by atoms with Gasteiger partial charge in [-0.05, 0) is 41.2 Å². The fourth-order valence-corrected chi connectivity index (χ4v) is 2.73. The van der Waals surface area contributed by atoms with Crippen LogP contribution in [0, 0.1) is 5.41 Å². The molecular formula is C20H29NO. The number of allylic oxidation sites excluding steroid dienone is 2. The van der Waals surface area contributed by atoms with Crippen molar-refractivity contribution < 1.29 is 4.74 Å². The Morgan fingerprint density at radius 1 is 1.14 bits per heavy atom. The molecule has 1 atom stereocenters. The third-order valence-corrected chi connectivity index (χ3v) is 4.23. The van der Waals surface area contributed by atoms with Crippen molar-refractivity contribution >= 4 is 0 Å². The first kappa shape index (κ1) is 16.7. The van der Waals surface area contributed by atoms with Crippen molar-refractivity contribution in [1.82, 2.24) is 4.90 Å². The molecule has 0 spiro atoms. The van der Waals surface area contributed by atoms with Crippen molar-refractivity contribution in [3.63, 3.8) is 0 Å². The fraction of sp³-hybridized carbons (Fsp3) is 0.500. The maximum atomic E-state index is 5.28. The lowest BCUT2D eigenvalue weighted by molar-refractivity contribution is 0.307. The van der Waals surface area contributed by atoms with E-state index < -0.39 is 0 Å². The van der Waals surface area contributed by atoms with Crippen LogP contribution < -0.4 is 4.74 Å². The molecule has 1 aliphatic rings. The highest BCUT2D eigenvalue weighted by atomic mass is 16.5. The Labute approximate surface area is 135 Å². The molecule has 0 amide bonds. The van der Waals surface area contributed by atoms with Gasteiger partial charge >= 0.3 is 0 Å². The molecule has 0 radical (unpaired) electrons. The topological polar surface area (TPSA) is 12.5 Å². The highest BCUT2D eigenvalue weighted by Crippen LogP contribution is 2.36. The van der Waals surface area contributed by atoms with Crippen LogP contribution in [0.3, 0.4) is 0 Å². The van der Waals surface area contributed by atoms with Gasteiger partial charge in [-0.3, -0.25) is 0 Å². The van der Waals surface area contributed by atoms with Gasteiger partial charge in [-0.25, -0.2) is 0 Å². The Kier molecular flexibility index (Phi) is 5.33.